The molecule has 0 aliphatic carbocycles. The Hall–Kier alpha value is -1.98. The minimum atomic E-state index is -3.50. The Kier molecular flexibility index (Phi) is 5.91. The van der Waals surface area contributed by atoms with Gasteiger partial charge >= 0.3 is 0 Å². The fourth-order valence-electron chi connectivity index (χ4n) is 2.35. The van der Waals surface area contributed by atoms with E-state index in [2.05, 4.69) is 18.6 Å². The van der Waals surface area contributed by atoms with E-state index in [9.17, 15) is 13.2 Å². The van der Waals surface area contributed by atoms with Crippen molar-refractivity contribution in [1.29, 1.82) is 0 Å². The molecule has 128 valence electrons. The standard InChI is InChI=1S/C19H23NO3S/c1-14(2)17-8-10-19(11-9-17)24(22,23)20-13-12-16-4-6-18(7-5-16)15(3)21/h4-11,14,20H,12-13H2,1-3H3. The van der Waals surface area contributed by atoms with Crippen molar-refractivity contribution < 1.29 is 13.2 Å². The number of sulfonamides is 1. The number of ketones is 1. The Morgan fingerprint density at radius 1 is 1.00 bits per heavy atom. The number of hydrogen-bond acceptors (Lipinski definition) is 3. The molecule has 4 nitrogen and oxygen atoms in total. The molecule has 2 aromatic carbocycles. The summed E-state index contributed by atoms with van der Waals surface area (Å²) in [5, 5.41) is 0. The van der Waals surface area contributed by atoms with Crippen LogP contribution in [0.5, 0.6) is 0 Å². The molecule has 0 unspecified atom stereocenters. The van der Waals surface area contributed by atoms with Crippen LogP contribution in [-0.2, 0) is 16.4 Å². The number of Topliss-reactive ketones (excluding diaryl/α,β-unsaturated/α-hetero) is 1. The van der Waals surface area contributed by atoms with Crippen molar-refractivity contribution in [3.8, 4) is 0 Å². The van der Waals surface area contributed by atoms with Crippen molar-refractivity contribution in [2.75, 3.05) is 6.54 Å². The van der Waals surface area contributed by atoms with Crippen LogP contribution in [-0.4, -0.2) is 20.7 Å². The van der Waals surface area contributed by atoms with Crippen LogP contribution in [0.1, 0.15) is 48.2 Å². The maximum atomic E-state index is 12.3. The molecular formula is C19H23NO3S. The Morgan fingerprint density at radius 3 is 2.08 bits per heavy atom. The Labute approximate surface area is 144 Å². The maximum absolute atomic E-state index is 12.3. The van der Waals surface area contributed by atoms with Crippen LogP contribution in [0.15, 0.2) is 53.4 Å². The van der Waals surface area contributed by atoms with E-state index in [1.807, 2.05) is 24.3 Å². The summed E-state index contributed by atoms with van der Waals surface area (Å²) in [4.78, 5) is 11.5. The molecule has 0 radical (unpaired) electrons. The van der Waals surface area contributed by atoms with Gasteiger partial charge < -0.3 is 0 Å². The number of nitrogens with one attached hydrogen (secondary N) is 1. The quantitative estimate of drug-likeness (QED) is 0.781. The van der Waals surface area contributed by atoms with Crippen LogP contribution in [0.3, 0.4) is 0 Å². The highest BCUT2D eigenvalue weighted by Crippen LogP contribution is 2.17. The summed E-state index contributed by atoms with van der Waals surface area (Å²) in [6.07, 6.45) is 0.571. The zero-order chi connectivity index (χ0) is 17.7. The van der Waals surface area contributed by atoms with Crippen LogP contribution in [0.25, 0.3) is 0 Å². The topological polar surface area (TPSA) is 63.2 Å². The van der Waals surface area contributed by atoms with Crippen LogP contribution >= 0.6 is 0 Å². The molecule has 0 spiro atoms. The summed E-state index contributed by atoms with van der Waals surface area (Å²) in [5.74, 6) is 0.389. The van der Waals surface area contributed by atoms with Gasteiger partial charge in [-0.25, -0.2) is 13.1 Å². The number of hydrogen-bond donors (Lipinski definition) is 1. The molecule has 2 rings (SSSR count). The van der Waals surface area contributed by atoms with E-state index >= 15 is 0 Å². The SMILES string of the molecule is CC(=O)c1ccc(CCNS(=O)(=O)c2ccc(C(C)C)cc2)cc1. The molecule has 0 bridgehead atoms. The normalized spacial score (nSPS) is 11.7. The van der Waals surface area contributed by atoms with E-state index in [1.165, 1.54) is 6.92 Å². The summed E-state index contributed by atoms with van der Waals surface area (Å²) >= 11 is 0. The number of carbonyl (C=O) groups is 1. The highest BCUT2D eigenvalue weighted by molar-refractivity contribution is 7.89. The molecule has 0 atom stereocenters. The zero-order valence-electron chi connectivity index (χ0n) is 14.2. The van der Waals surface area contributed by atoms with Crippen LogP contribution < -0.4 is 4.72 Å². The maximum Gasteiger partial charge on any atom is 0.240 e. The third kappa shape index (κ3) is 4.76. The summed E-state index contributed by atoms with van der Waals surface area (Å²) in [5.41, 5.74) is 2.75. The molecule has 2 aromatic rings. The smallest absolute Gasteiger partial charge is 0.240 e. The lowest BCUT2D eigenvalue weighted by molar-refractivity contribution is 0.101. The van der Waals surface area contributed by atoms with Crippen molar-refractivity contribution >= 4 is 15.8 Å². The van der Waals surface area contributed by atoms with Gasteiger partial charge in [-0.15, -0.1) is 0 Å². The number of carbonyl (C=O) groups excluding carboxylic acids is 1. The summed E-state index contributed by atoms with van der Waals surface area (Å²) in [7, 11) is -3.50. The molecule has 0 fully saturated rings. The Morgan fingerprint density at radius 2 is 1.58 bits per heavy atom. The molecule has 0 heterocycles. The summed E-state index contributed by atoms with van der Waals surface area (Å²) in [6.45, 7) is 5.97. The Bertz CT molecular complexity index is 792. The molecule has 1 N–H and O–H groups in total. The van der Waals surface area contributed by atoms with Gasteiger partial charge in [0.25, 0.3) is 0 Å². The van der Waals surface area contributed by atoms with Gasteiger partial charge in [-0.2, -0.15) is 0 Å². The largest absolute Gasteiger partial charge is 0.295 e. The van der Waals surface area contributed by atoms with Crippen molar-refractivity contribution in [2.24, 2.45) is 0 Å². The predicted molar refractivity (Wildman–Crippen MR) is 95.9 cm³/mol. The monoisotopic (exact) mass is 345 g/mol. The fraction of sp³-hybridized carbons (Fsp3) is 0.316. The first-order chi connectivity index (χ1) is 11.3. The first-order valence-corrected chi connectivity index (χ1v) is 9.47. The Balaban J connectivity index is 1.96. The van der Waals surface area contributed by atoms with Gasteiger partial charge in [0.05, 0.1) is 4.90 Å². The van der Waals surface area contributed by atoms with E-state index in [4.69, 9.17) is 0 Å². The second-order valence-electron chi connectivity index (χ2n) is 6.12. The van der Waals surface area contributed by atoms with E-state index in [0.29, 0.717) is 24.4 Å². The molecule has 0 aliphatic rings. The lowest BCUT2D eigenvalue weighted by Crippen LogP contribution is -2.26. The van der Waals surface area contributed by atoms with Crippen LogP contribution in [0, 0.1) is 0 Å². The van der Waals surface area contributed by atoms with Gasteiger partial charge in [0, 0.05) is 12.1 Å². The van der Waals surface area contributed by atoms with Crippen LogP contribution in [0.2, 0.25) is 0 Å². The first-order valence-electron chi connectivity index (χ1n) is 7.99. The summed E-state index contributed by atoms with van der Waals surface area (Å²) in [6, 6.07) is 14.2. The van der Waals surface area contributed by atoms with E-state index in [1.54, 1.807) is 24.3 Å². The highest BCUT2D eigenvalue weighted by atomic mass is 32.2. The van der Waals surface area contributed by atoms with Gasteiger partial charge in [-0.1, -0.05) is 50.2 Å². The molecule has 0 saturated carbocycles. The minimum absolute atomic E-state index is 0.0205. The average molecular weight is 345 g/mol. The van der Waals surface area contributed by atoms with Crippen molar-refractivity contribution in [2.45, 2.75) is 38.0 Å². The summed E-state index contributed by atoms with van der Waals surface area (Å²) < 4.78 is 27.2. The fourth-order valence-corrected chi connectivity index (χ4v) is 3.38. The van der Waals surface area contributed by atoms with E-state index < -0.39 is 10.0 Å². The minimum Gasteiger partial charge on any atom is -0.295 e. The van der Waals surface area contributed by atoms with Gasteiger partial charge in [-0.05, 0) is 42.5 Å². The number of benzene rings is 2. The molecule has 24 heavy (non-hydrogen) atoms. The second kappa shape index (κ2) is 7.73. The van der Waals surface area contributed by atoms with Crippen molar-refractivity contribution in [1.82, 2.24) is 4.72 Å². The first kappa shape index (κ1) is 18.4. The lowest BCUT2D eigenvalue weighted by atomic mass is 10.0. The molecule has 0 amide bonds. The zero-order valence-corrected chi connectivity index (χ0v) is 15.1. The van der Waals surface area contributed by atoms with Crippen LogP contribution in [0.4, 0.5) is 0 Å². The van der Waals surface area contributed by atoms with Gasteiger partial charge in [0.1, 0.15) is 0 Å². The third-order valence-electron chi connectivity index (χ3n) is 3.92. The average Bonchev–Trinajstić information content (AvgIpc) is 2.55. The third-order valence-corrected chi connectivity index (χ3v) is 5.40. The number of rotatable bonds is 7. The highest BCUT2D eigenvalue weighted by Gasteiger charge is 2.13. The molecule has 0 aliphatic heterocycles. The molecule has 0 aromatic heterocycles. The molecular weight excluding hydrogens is 322 g/mol. The lowest BCUT2D eigenvalue weighted by Gasteiger charge is -2.09. The van der Waals surface area contributed by atoms with Crippen molar-refractivity contribution in [3.05, 3.63) is 65.2 Å². The predicted octanol–water partition coefficient (Wildman–Crippen LogP) is 3.53. The van der Waals surface area contributed by atoms with E-state index in [-0.39, 0.29) is 10.7 Å². The van der Waals surface area contributed by atoms with Crippen molar-refractivity contribution in [3.63, 3.8) is 0 Å². The molecule has 0 saturated heterocycles. The van der Waals surface area contributed by atoms with Gasteiger partial charge in [-0.3, -0.25) is 4.79 Å². The van der Waals surface area contributed by atoms with Gasteiger partial charge in [0.2, 0.25) is 10.0 Å². The van der Waals surface area contributed by atoms with E-state index in [0.717, 1.165) is 11.1 Å². The van der Waals surface area contributed by atoms with Gasteiger partial charge in [0.15, 0.2) is 5.78 Å². The second-order valence-corrected chi connectivity index (χ2v) is 7.89. The molecule has 5 heteroatoms.